The van der Waals surface area contributed by atoms with Crippen molar-refractivity contribution in [2.75, 3.05) is 10.7 Å². The lowest BCUT2D eigenvalue weighted by atomic mass is 9.93. The number of aromatic nitrogens is 2. The number of nitrogens with two attached hydrogens (primary N) is 1. The van der Waals surface area contributed by atoms with Gasteiger partial charge < -0.3 is 5.43 Å². The van der Waals surface area contributed by atoms with Gasteiger partial charge in [0.1, 0.15) is 0 Å². The van der Waals surface area contributed by atoms with Gasteiger partial charge in [-0.25, -0.2) is 15.8 Å². The number of thiazole rings is 1. The molecule has 0 aliphatic heterocycles. The molecule has 0 aliphatic carbocycles. The number of carbonyl (C=O) groups excluding carboxylic acids is 1. The monoisotopic (exact) mass is 325 g/mol. The molecule has 0 unspecified atom stereocenters. The molecule has 2 heterocycles. The van der Waals surface area contributed by atoms with E-state index in [0.29, 0.717) is 16.5 Å². The zero-order valence-corrected chi connectivity index (χ0v) is 13.5. The zero-order valence-electron chi connectivity index (χ0n) is 11.9. The van der Waals surface area contributed by atoms with Crippen LogP contribution in [0.5, 0.6) is 0 Å². The first-order chi connectivity index (χ1) is 9.81. The van der Waals surface area contributed by atoms with Crippen LogP contribution in [0.25, 0.3) is 0 Å². The van der Waals surface area contributed by atoms with E-state index in [1.165, 1.54) is 23.6 Å². The second kappa shape index (κ2) is 5.97. The molecular weight excluding hydrogens is 310 g/mol. The van der Waals surface area contributed by atoms with E-state index in [9.17, 15) is 4.79 Å². The first-order valence-corrected chi connectivity index (χ1v) is 7.46. The molecule has 0 spiro atoms. The maximum atomic E-state index is 12.1. The van der Waals surface area contributed by atoms with Crippen LogP contribution in [0.1, 0.15) is 36.8 Å². The average molecular weight is 326 g/mol. The molecule has 4 N–H and O–H groups in total. The Bertz CT molecular complexity index is 665. The number of nitrogens with one attached hydrogen (secondary N) is 2. The lowest BCUT2D eigenvalue weighted by molar-refractivity contribution is 0.102. The standard InChI is InChI=1S/C13H16ClN5OS/c1-13(2,3)9-6-21-12(17-9)18-11(20)7-4-8(14)10(19-15)16-5-7/h4-6H,15H2,1-3H3,(H,16,19)(H,17,18,20). The summed E-state index contributed by atoms with van der Waals surface area (Å²) in [6.07, 6.45) is 1.40. The molecule has 21 heavy (non-hydrogen) atoms. The van der Waals surface area contributed by atoms with E-state index in [-0.39, 0.29) is 16.3 Å². The molecule has 2 aromatic rings. The Balaban J connectivity index is 2.14. The number of carbonyl (C=O) groups is 1. The SMILES string of the molecule is CC(C)(C)c1csc(NC(=O)c2cnc(NN)c(Cl)c2)n1. The second-order valence-electron chi connectivity index (χ2n) is 5.44. The van der Waals surface area contributed by atoms with Crippen LogP contribution in [0, 0.1) is 0 Å². The molecule has 2 rings (SSSR count). The smallest absolute Gasteiger partial charge is 0.259 e. The third-order valence-corrected chi connectivity index (χ3v) is 3.78. The van der Waals surface area contributed by atoms with Crippen LogP contribution in [0.4, 0.5) is 10.9 Å². The van der Waals surface area contributed by atoms with Crippen molar-refractivity contribution >= 4 is 39.8 Å². The summed E-state index contributed by atoms with van der Waals surface area (Å²) >= 11 is 7.32. The Hall–Kier alpha value is -1.70. The third-order valence-electron chi connectivity index (χ3n) is 2.73. The molecule has 0 bridgehead atoms. The Labute approximate surface area is 131 Å². The molecule has 0 saturated heterocycles. The Morgan fingerprint density at radius 2 is 2.14 bits per heavy atom. The van der Waals surface area contributed by atoms with Crippen LogP contribution in [-0.4, -0.2) is 15.9 Å². The largest absolute Gasteiger partial charge is 0.307 e. The molecule has 112 valence electrons. The molecule has 0 fully saturated rings. The number of pyridine rings is 1. The van der Waals surface area contributed by atoms with Crippen molar-refractivity contribution in [2.45, 2.75) is 26.2 Å². The van der Waals surface area contributed by atoms with E-state index in [1.807, 2.05) is 5.38 Å². The minimum absolute atomic E-state index is 0.0568. The summed E-state index contributed by atoms with van der Waals surface area (Å²) in [5, 5.41) is 5.49. The predicted molar refractivity (Wildman–Crippen MR) is 85.8 cm³/mol. The lowest BCUT2D eigenvalue weighted by Gasteiger charge is -2.14. The van der Waals surface area contributed by atoms with Gasteiger partial charge in [0.2, 0.25) is 0 Å². The third kappa shape index (κ3) is 3.69. The fraction of sp³-hybridized carbons (Fsp3) is 0.308. The molecular formula is C13H16ClN5OS. The predicted octanol–water partition coefficient (Wildman–Crippen LogP) is 3.03. The quantitative estimate of drug-likeness (QED) is 0.596. The van der Waals surface area contributed by atoms with Crippen molar-refractivity contribution in [1.82, 2.24) is 9.97 Å². The highest BCUT2D eigenvalue weighted by molar-refractivity contribution is 7.14. The lowest BCUT2D eigenvalue weighted by Crippen LogP contribution is -2.15. The fourth-order valence-electron chi connectivity index (χ4n) is 1.51. The van der Waals surface area contributed by atoms with Crippen molar-refractivity contribution in [3.8, 4) is 0 Å². The summed E-state index contributed by atoms with van der Waals surface area (Å²) in [4.78, 5) is 20.5. The number of hydrogen-bond acceptors (Lipinski definition) is 6. The van der Waals surface area contributed by atoms with Crippen LogP contribution >= 0.6 is 22.9 Å². The molecule has 6 nitrogen and oxygen atoms in total. The van der Waals surface area contributed by atoms with Gasteiger partial charge in [0.15, 0.2) is 10.9 Å². The molecule has 0 radical (unpaired) electrons. The van der Waals surface area contributed by atoms with E-state index in [0.717, 1.165) is 5.69 Å². The number of amides is 1. The number of nitrogens with zero attached hydrogens (tertiary/aromatic N) is 2. The first-order valence-electron chi connectivity index (χ1n) is 6.21. The molecule has 1 amide bonds. The van der Waals surface area contributed by atoms with Crippen LogP contribution in [0.2, 0.25) is 5.02 Å². The summed E-state index contributed by atoms with van der Waals surface area (Å²) in [5.74, 6) is 5.24. The Kier molecular flexibility index (Phi) is 4.46. The highest BCUT2D eigenvalue weighted by atomic mass is 35.5. The van der Waals surface area contributed by atoms with Gasteiger partial charge in [-0.1, -0.05) is 32.4 Å². The minimum atomic E-state index is -0.317. The summed E-state index contributed by atoms with van der Waals surface area (Å²) < 4.78 is 0. The summed E-state index contributed by atoms with van der Waals surface area (Å²) in [6.45, 7) is 6.20. The van der Waals surface area contributed by atoms with E-state index in [1.54, 1.807) is 0 Å². The Morgan fingerprint density at radius 1 is 1.43 bits per heavy atom. The van der Waals surface area contributed by atoms with Crippen molar-refractivity contribution in [2.24, 2.45) is 5.84 Å². The van der Waals surface area contributed by atoms with Gasteiger partial charge in [0.25, 0.3) is 5.91 Å². The number of nitrogen functional groups attached to an aromatic ring is 1. The van der Waals surface area contributed by atoms with Gasteiger partial charge in [0.05, 0.1) is 16.3 Å². The maximum absolute atomic E-state index is 12.1. The van der Waals surface area contributed by atoms with Crippen LogP contribution < -0.4 is 16.6 Å². The van der Waals surface area contributed by atoms with Crippen LogP contribution in [0.15, 0.2) is 17.6 Å². The molecule has 2 aromatic heterocycles. The fourth-order valence-corrected chi connectivity index (χ4v) is 2.67. The van der Waals surface area contributed by atoms with Crippen molar-refractivity contribution < 1.29 is 4.79 Å². The normalized spacial score (nSPS) is 11.3. The second-order valence-corrected chi connectivity index (χ2v) is 6.71. The van der Waals surface area contributed by atoms with Gasteiger partial charge in [-0.3, -0.25) is 10.1 Å². The number of rotatable bonds is 3. The van der Waals surface area contributed by atoms with Crippen molar-refractivity contribution in [3.63, 3.8) is 0 Å². The number of halogens is 1. The Morgan fingerprint density at radius 3 is 2.67 bits per heavy atom. The summed E-state index contributed by atoms with van der Waals surface area (Å²) in [7, 11) is 0. The van der Waals surface area contributed by atoms with E-state index in [4.69, 9.17) is 17.4 Å². The number of hydrogen-bond donors (Lipinski definition) is 3. The van der Waals surface area contributed by atoms with E-state index < -0.39 is 0 Å². The zero-order chi connectivity index (χ0) is 15.6. The number of anilines is 2. The highest BCUT2D eigenvalue weighted by Gasteiger charge is 2.18. The van der Waals surface area contributed by atoms with Gasteiger partial charge in [-0.05, 0) is 6.07 Å². The summed E-state index contributed by atoms with van der Waals surface area (Å²) in [5.41, 5.74) is 3.56. The van der Waals surface area contributed by atoms with Crippen LogP contribution in [0.3, 0.4) is 0 Å². The molecule has 0 atom stereocenters. The molecule has 8 heteroatoms. The van der Waals surface area contributed by atoms with E-state index >= 15 is 0 Å². The maximum Gasteiger partial charge on any atom is 0.259 e. The molecule has 0 aromatic carbocycles. The molecule has 0 saturated carbocycles. The van der Waals surface area contributed by atoms with Crippen LogP contribution in [-0.2, 0) is 5.41 Å². The van der Waals surface area contributed by atoms with Gasteiger partial charge >= 0.3 is 0 Å². The van der Waals surface area contributed by atoms with Gasteiger partial charge in [-0.2, -0.15) is 0 Å². The average Bonchev–Trinajstić information content (AvgIpc) is 2.87. The number of hydrazine groups is 1. The minimum Gasteiger partial charge on any atom is -0.307 e. The first kappa shape index (κ1) is 15.7. The molecule has 0 aliphatic rings. The van der Waals surface area contributed by atoms with Gasteiger partial charge in [-0.15, -0.1) is 11.3 Å². The van der Waals surface area contributed by atoms with E-state index in [2.05, 4.69) is 41.5 Å². The van der Waals surface area contributed by atoms with Crippen molar-refractivity contribution in [1.29, 1.82) is 0 Å². The topological polar surface area (TPSA) is 92.9 Å². The van der Waals surface area contributed by atoms with Crippen molar-refractivity contribution in [3.05, 3.63) is 33.9 Å². The highest BCUT2D eigenvalue weighted by Crippen LogP contribution is 2.27. The van der Waals surface area contributed by atoms with Gasteiger partial charge in [0, 0.05) is 17.0 Å². The summed E-state index contributed by atoms with van der Waals surface area (Å²) in [6, 6.07) is 1.50.